The van der Waals surface area contributed by atoms with E-state index in [-0.39, 0.29) is 12.1 Å². The van der Waals surface area contributed by atoms with E-state index >= 15 is 0 Å². The molecule has 1 unspecified atom stereocenters. The summed E-state index contributed by atoms with van der Waals surface area (Å²) in [6.45, 7) is 2.58. The number of urea groups is 1. The molecular weight excluding hydrogens is 344 g/mol. The second kappa shape index (κ2) is 8.12. The van der Waals surface area contributed by atoms with Gasteiger partial charge in [0.05, 0.1) is 25.8 Å². The summed E-state index contributed by atoms with van der Waals surface area (Å²) >= 11 is 0. The quantitative estimate of drug-likeness (QED) is 0.823. The van der Waals surface area contributed by atoms with E-state index in [0.717, 1.165) is 29.7 Å². The normalized spacial score (nSPS) is 16.1. The molecule has 142 valence electrons. The smallest absolute Gasteiger partial charge is 0.337 e. The second-order valence-electron chi connectivity index (χ2n) is 6.58. The highest BCUT2D eigenvalue weighted by Gasteiger charge is 2.30. The lowest BCUT2D eigenvalue weighted by molar-refractivity contribution is 0.0600. The highest BCUT2D eigenvalue weighted by molar-refractivity contribution is 5.95. The van der Waals surface area contributed by atoms with Crippen LogP contribution in [0.2, 0.25) is 0 Å². The monoisotopic (exact) mass is 368 g/mol. The number of hydrogen-bond acceptors (Lipinski definition) is 4. The van der Waals surface area contributed by atoms with Crippen molar-refractivity contribution in [2.24, 2.45) is 0 Å². The molecule has 6 heteroatoms. The third-order valence-corrected chi connectivity index (χ3v) is 4.91. The molecule has 2 amide bonds. The number of hydrogen-bond donors (Lipinski definition) is 1. The summed E-state index contributed by atoms with van der Waals surface area (Å²) in [4.78, 5) is 26.5. The lowest BCUT2D eigenvalue weighted by Gasteiger charge is -2.26. The molecule has 1 atom stereocenters. The van der Waals surface area contributed by atoms with Gasteiger partial charge in [-0.1, -0.05) is 18.2 Å². The minimum Gasteiger partial charge on any atom is -0.497 e. The van der Waals surface area contributed by atoms with E-state index in [1.165, 1.54) is 7.11 Å². The zero-order chi connectivity index (χ0) is 19.4. The van der Waals surface area contributed by atoms with E-state index in [4.69, 9.17) is 9.47 Å². The van der Waals surface area contributed by atoms with Gasteiger partial charge in [0, 0.05) is 12.2 Å². The van der Waals surface area contributed by atoms with Crippen LogP contribution < -0.4 is 10.1 Å². The molecule has 2 aromatic rings. The Labute approximate surface area is 159 Å². The summed E-state index contributed by atoms with van der Waals surface area (Å²) in [7, 11) is 2.97. The van der Waals surface area contributed by atoms with Crippen molar-refractivity contribution in [2.75, 3.05) is 26.1 Å². The maximum absolute atomic E-state index is 12.9. The summed E-state index contributed by atoms with van der Waals surface area (Å²) in [5.74, 6) is 0.366. The maximum Gasteiger partial charge on any atom is 0.337 e. The lowest BCUT2D eigenvalue weighted by atomic mass is 10.0. The maximum atomic E-state index is 12.9. The standard InChI is InChI=1S/C21H24N2O4/c1-14-6-7-16(20(24)27-3)13-18(14)22-21(25)23-12-4-5-19(23)15-8-10-17(26-2)11-9-15/h6-11,13,19H,4-5,12H2,1-3H3,(H,22,25). The Kier molecular flexibility index (Phi) is 5.64. The molecule has 1 heterocycles. The molecule has 1 N–H and O–H groups in total. The predicted octanol–water partition coefficient (Wildman–Crippen LogP) is 4.16. The number of esters is 1. The number of amides is 2. The molecule has 1 aliphatic heterocycles. The molecule has 1 saturated heterocycles. The molecule has 0 saturated carbocycles. The van der Waals surface area contributed by atoms with Crippen molar-refractivity contribution in [2.45, 2.75) is 25.8 Å². The molecule has 0 radical (unpaired) electrons. The van der Waals surface area contributed by atoms with Gasteiger partial charge in [-0.25, -0.2) is 9.59 Å². The van der Waals surface area contributed by atoms with Gasteiger partial charge >= 0.3 is 12.0 Å². The van der Waals surface area contributed by atoms with Crippen LogP contribution in [-0.2, 0) is 4.74 Å². The van der Waals surface area contributed by atoms with Crippen molar-refractivity contribution in [3.63, 3.8) is 0 Å². The van der Waals surface area contributed by atoms with E-state index in [9.17, 15) is 9.59 Å². The van der Waals surface area contributed by atoms with Crippen molar-refractivity contribution in [3.05, 3.63) is 59.2 Å². The van der Waals surface area contributed by atoms with E-state index in [1.807, 2.05) is 36.1 Å². The Morgan fingerprint density at radius 1 is 1.11 bits per heavy atom. The summed E-state index contributed by atoms with van der Waals surface area (Å²) in [5.41, 5.74) is 2.99. The fraction of sp³-hybridized carbons (Fsp3) is 0.333. The first-order valence-corrected chi connectivity index (χ1v) is 8.94. The van der Waals surface area contributed by atoms with Gasteiger partial charge in [-0.15, -0.1) is 0 Å². The van der Waals surface area contributed by atoms with Crippen LogP contribution in [0.5, 0.6) is 5.75 Å². The molecule has 1 aliphatic rings. The molecule has 6 nitrogen and oxygen atoms in total. The molecule has 3 rings (SSSR count). The Morgan fingerprint density at radius 2 is 1.85 bits per heavy atom. The average Bonchev–Trinajstić information content (AvgIpc) is 3.19. The van der Waals surface area contributed by atoms with Gasteiger partial charge in [-0.3, -0.25) is 0 Å². The highest BCUT2D eigenvalue weighted by Crippen LogP contribution is 2.33. The number of carbonyl (C=O) groups is 2. The number of methoxy groups -OCH3 is 2. The number of likely N-dealkylation sites (tertiary alicyclic amines) is 1. The zero-order valence-corrected chi connectivity index (χ0v) is 15.8. The number of nitrogens with one attached hydrogen (secondary N) is 1. The number of rotatable bonds is 4. The molecule has 27 heavy (non-hydrogen) atoms. The molecule has 1 fully saturated rings. The van der Waals surface area contributed by atoms with Crippen molar-refractivity contribution >= 4 is 17.7 Å². The van der Waals surface area contributed by atoms with Crippen LogP contribution in [0.15, 0.2) is 42.5 Å². The number of nitrogens with zero attached hydrogens (tertiary/aromatic N) is 1. The molecule has 0 aromatic heterocycles. The summed E-state index contributed by atoms with van der Waals surface area (Å²) in [5, 5.41) is 2.95. The molecule has 0 aliphatic carbocycles. The Morgan fingerprint density at radius 3 is 2.52 bits per heavy atom. The number of ether oxygens (including phenoxy) is 2. The molecular formula is C21H24N2O4. The largest absolute Gasteiger partial charge is 0.497 e. The minimum absolute atomic E-state index is 0.0278. The van der Waals surface area contributed by atoms with Crippen molar-refractivity contribution < 1.29 is 19.1 Å². The second-order valence-corrected chi connectivity index (χ2v) is 6.58. The van der Waals surface area contributed by atoms with Crippen molar-refractivity contribution in [3.8, 4) is 5.75 Å². The van der Waals surface area contributed by atoms with Crippen LogP contribution in [-0.4, -0.2) is 37.7 Å². The first-order chi connectivity index (χ1) is 13.0. The number of benzene rings is 2. The third-order valence-electron chi connectivity index (χ3n) is 4.91. The van der Waals surface area contributed by atoms with Gasteiger partial charge in [0.25, 0.3) is 0 Å². The van der Waals surface area contributed by atoms with E-state index in [2.05, 4.69) is 5.32 Å². The van der Waals surface area contributed by atoms with Gasteiger partial charge in [0.15, 0.2) is 0 Å². The third kappa shape index (κ3) is 4.05. The van der Waals surface area contributed by atoms with Gasteiger partial charge in [0.2, 0.25) is 0 Å². The van der Waals surface area contributed by atoms with Crippen LogP contribution in [0.25, 0.3) is 0 Å². The van der Waals surface area contributed by atoms with E-state index in [0.29, 0.717) is 17.8 Å². The fourth-order valence-corrected chi connectivity index (χ4v) is 3.37. The van der Waals surface area contributed by atoms with Gasteiger partial charge in [0.1, 0.15) is 5.75 Å². The van der Waals surface area contributed by atoms with Crippen LogP contribution >= 0.6 is 0 Å². The van der Waals surface area contributed by atoms with Crippen molar-refractivity contribution in [1.29, 1.82) is 0 Å². The van der Waals surface area contributed by atoms with E-state index in [1.54, 1.807) is 25.3 Å². The van der Waals surface area contributed by atoms with Crippen LogP contribution in [0, 0.1) is 6.92 Å². The van der Waals surface area contributed by atoms with Crippen molar-refractivity contribution in [1.82, 2.24) is 4.90 Å². The summed E-state index contributed by atoms with van der Waals surface area (Å²) in [6.07, 6.45) is 1.87. The van der Waals surface area contributed by atoms with Crippen LogP contribution in [0.3, 0.4) is 0 Å². The number of anilines is 1. The Hall–Kier alpha value is -3.02. The summed E-state index contributed by atoms with van der Waals surface area (Å²) in [6, 6.07) is 12.8. The Balaban J connectivity index is 1.77. The van der Waals surface area contributed by atoms with Gasteiger partial charge in [-0.05, 0) is 55.2 Å². The van der Waals surface area contributed by atoms with Crippen LogP contribution in [0.1, 0.15) is 40.4 Å². The minimum atomic E-state index is -0.428. The Bertz CT molecular complexity index is 833. The fourth-order valence-electron chi connectivity index (χ4n) is 3.37. The predicted molar refractivity (Wildman–Crippen MR) is 103 cm³/mol. The number of aryl methyl sites for hydroxylation is 1. The molecule has 2 aromatic carbocycles. The number of carbonyl (C=O) groups excluding carboxylic acids is 2. The first-order valence-electron chi connectivity index (χ1n) is 8.94. The zero-order valence-electron chi connectivity index (χ0n) is 15.8. The van der Waals surface area contributed by atoms with Gasteiger partial charge < -0.3 is 19.7 Å². The lowest BCUT2D eigenvalue weighted by Crippen LogP contribution is -2.34. The topological polar surface area (TPSA) is 67.9 Å². The van der Waals surface area contributed by atoms with Crippen LogP contribution in [0.4, 0.5) is 10.5 Å². The highest BCUT2D eigenvalue weighted by atomic mass is 16.5. The van der Waals surface area contributed by atoms with Gasteiger partial charge in [-0.2, -0.15) is 0 Å². The average molecular weight is 368 g/mol. The first kappa shape index (κ1) is 18.8. The van der Waals surface area contributed by atoms with E-state index < -0.39 is 5.97 Å². The SMILES string of the molecule is COC(=O)c1ccc(C)c(NC(=O)N2CCCC2c2ccc(OC)cc2)c1. The molecule has 0 bridgehead atoms. The molecule has 0 spiro atoms. The summed E-state index contributed by atoms with van der Waals surface area (Å²) < 4.78 is 9.96.